The van der Waals surface area contributed by atoms with Crippen molar-refractivity contribution >= 4 is 0 Å². The van der Waals surface area contributed by atoms with Gasteiger partial charge >= 0.3 is 0 Å². The van der Waals surface area contributed by atoms with Crippen molar-refractivity contribution in [1.29, 1.82) is 0 Å². The van der Waals surface area contributed by atoms with Crippen LogP contribution in [-0.2, 0) is 0 Å². The summed E-state index contributed by atoms with van der Waals surface area (Å²) in [6, 6.07) is 0. The molecule has 0 heterocycles. The molecule has 0 fully saturated rings. The smallest absolute Gasteiger partial charge is 0.00735 e. The first-order chi connectivity index (χ1) is 9.45. The molecule has 0 saturated heterocycles. The molecule has 0 spiro atoms. The average molecular weight is 246 g/mol. The van der Waals surface area contributed by atoms with E-state index in [0.29, 0.717) is 0 Å². The molecule has 0 N–H and O–H groups in total. The van der Waals surface area contributed by atoms with Gasteiger partial charge in [-0.2, -0.15) is 0 Å². The van der Waals surface area contributed by atoms with E-state index in [0.717, 1.165) is 6.42 Å². The molecular formula is C19H18. The van der Waals surface area contributed by atoms with Gasteiger partial charge in [-0.1, -0.05) is 48.6 Å². The SMILES string of the molecule is C1=C2C3=C(CC/C=C\CC3)C3=C2C(=C/C=C\C=C/3)\C1. The summed E-state index contributed by atoms with van der Waals surface area (Å²) >= 11 is 0. The lowest BCUT2D eigenvalue weighted by molar-refractivity contribution is 0.898. The van der Waals surface area contributed by atoms with E-state index >= 15 is 0 Å². The van der Waals surface area contributed by atoms with Crippen molar-refractivity contribution in [1.82, 2.24) is 0 Å². The highest BCUT2D eigenvalue weighted by Crippen LogP contribution is 2.49. The molecule has 0 aromatic carbocycles. The fraction of sp³-hybridized carbons (Fsp3) is 0.263. The molecule has 19 heavy (non-hydrogen) atoms. The highest BCUT2D eigenvalue weighted by molar-refractivity contribution is 5.76. The molecule has 0 aromatic rings. The Morgan fingerprint density at radius 1 is 0.842 bits per heavy atom. The molecule has 0 amide bonds. The standard InChI is InChI=1S/C19H18/c1-2-6-10-16-15(9-5-1)17-11-7-3-4-8-14-12-13-18(16)19(14)17/h1-4,7-8,11,13H,5-6,9-10,12H2/b2-1-,4-3-,7-3?,8-4?,11-7-,14-8-,17-11?. The van der Waals surface area contributed by atoms with Gasteiger partial charge in [-0.3, -0.25) is 0 Å². The third kappa shape index (κ3) is 1.67. The van der Waals surface area contributed by atoms with Gasteiger partial charge in [0.25, 0.3) is 0 Å². The lowest BCUT2D eigenvalue weighted by Crippen LogP contribution is -1.93. The summed E-state index contributed by atoms with van der Waals surface area (Å²) in [5.74, 6) is 0. The van der Waals surface area contributed by atoms with Crippen LogP contribution in [0.25, 0.3) is 0 Å². The zero-order valence-electron chi connectivity index (χ0n) is 11.2. The van der Waals surface area contributed by atoms with Crippen LogP contribution in [-0.4, -0.2) is 0 Å². The van der Waals surface area contributed by atoms with Crippen LogP contribution in [0.1, 0.15) is 32.1 Å². The molecule has 94 valence electrons. The predicted molar refractivity (Wildman–Crippen MR) is 80.7 cm³/mol. The van der Waals surface area contributed by atoms with Crippen molar-refractivity contribution in [2.24, 2.45) is 0 Å². The first kappa shape index (κ1) is 11.0. The Balaban J connectivity index is 1.88. The molecule has 0 saturated carbocycles. The molecule has 0 aromatic heterocycles. The van der Waals surface area contributed by atoms with Gasteiger partial charge in [0, 0.05) is 0 Å². The van der Waals surface area contributed by atoms with Crippen LogP contribution in [0.2, 0.25) is 0 Å². The molecule has 4 aliphatic carbocycles. The third-order valence-electron chi connectivity index (χ3n) is 4.47. The molecular weight excluding hydrogens is 228 g/mol. The van der Waals surface area contributed by atoms with Crippen molar-refractivity contribution in [3.8, 4) is 0 Å². The van der Waals surface area contributed by atoms with Crippen LogP contribution >= 0.6 is 0 Å². The maximum atomic E-state index is 2.45. The summed E-state index contributed by atoms with van der Waals surface area (Å²) in [6.07, 6.45) is 24.2. The van der Waals surface area contributed by atoms with E-state index in [4.69, 9.17) is 0 Å². The Morgan fingerprint density at radius 3 is 2.58 bits per heavy atom. The van der Waals surface area contributed by atoms with Crippen molar-refractivity contribution in [2.75, 3.05) is 0 Å². The van der Waals surface area contributed by atoms with E-state index in [1.165, 1.54) is 42.4 Å². The van der Waals surface area contributed by atoms with Gasteiger partial charge < -0.3 is 0 Å². The lowest BCUT2D eigenvalue weighted by atomic mass is 9.93. The van der Waals surface area contributed by atoms with E-state index < -0.39 is 0 Å². The van der Waals surface area contributed by atoms with E-state index in [9.17, 15) is 0 Å². The fourth-order valence-electron chi connectivity index (χ4n) is 3.64. The topological polar surface area (TPSA) is 0 Å². The maximum Gasteiger partial charge on any atom is -0.00735 e. The average Bonchev–Trinajstić information content (AvgIpc) is 2.84. The van der Waals surface area contributed by atoms with Gasteiger partial charge in [0.1, 0.15) is 0 Å². The maximum absolute atomic E-state index is 2.45. The lowest BCUT2D eigenvalue weighted by Gasteiger charge is -2.11. The second-order valence-electron chi connectivity index (χ2n) is 5.55. The molecule has 0 unspecified atom stereocenters. The van der Waals surface area contributed by atoms with Gasteiger partial charge in [0.15, 0.2) is 0 Å². The van der Waals surface area contributed by atoms with E-state index in [1.807, 2.05) is 0 Å². The molecule has 4 rings (SSSR count). The van der Waals surface area contributed by atoms with E-state index in [-0.39, 0.29) is 0 Å². The normalized spacial score (nSPS) is 32.2. The van der Waals surface area contributed by atoms with Gasteiger partial charge in [-0.25, -0.2) is 0 Å². The van der Waals surface area contributed by atoms with Crippen LogP contribution in [0, 0.1) is 0 Å². The highest BCUT2D eigenvalue weighted by Gasteiger charge is 2.31. The number of hydrogen-bond acceptors (Lipinski definition) is 0. The molecule has 0 atom stereocenters. The molecule has 0 radical (unpaired) electrons. The van der Waals surface area contributed by atoms with E-state index in [2.05, 4.69) is 48.6 Å². The first-order valence-electron chi connectivity index (χ1n) is 7.32. The van der Waals surface area contributed by atoms with Crippen molar-refractivity contribution in [3.05, 3.63) is 82.0 Å². The zero-order chi connectivity index (χ0) is 12.7. The van der Waals surface area contributed by atoms with Crippen LogP contribution < -0.4 is 0 Å². The zero-order valence-corrected chi connectivity index (χ0v) is 11.2. The summed E-state index contributed by atoms with van der Waals surface area (Å²) < 4.78 is 0. The Kier molecular flexibility index (Phi) is 2.55. The summed E-state index contributed by atoms with van der Waals surface area (Å²) in [6.45, 7) is 0. The molecule has 0 aliphatic heterocycles. The highest BCUT2D eigenvalue weighted by atomic mass is 14.4. The van der Waals surface area contributed by atoms with Crippen molar-refractivity contribution in [3.63, 3.8) is 0 Å². The predicted octanol–water partition coefficient (Wildman–Crippen LogP) is 5.11. The van der Waals surface area contributed by atoms with Crippen LogP contribution in [0.4, 0.5) is 0 Å². The summed E-state index contributed by atoms with van der Waals surface area (Å²) in [4.78, 5) is 0. The Bertz CT molecular complexity index is 640. The number of hydrogen-bond donors (Lipinski definition) is 0. The molecule has 4 aliphatic rings. The van der Waals surface area contributed by atoms with Crippen molar-refractivity contribution < 1.29 is 0 Å². The van der Waals surface area contributed by atoms with Gasteiger partial charge in [0.2, 0.25) is 0 Å². The molecule has 0 nitrogen and oxygen atoms in total. The fourth-order valence-corrected chi connectivity index (χ4v) is 3.64. The number of rotatable bonds is 0. The van der Waals surface area contributed by atoms with Gasteiger partial charge in [0.05, 0.1) is 0 Å². The summed E-state index contributed by atoms with van der Waals surface area (Å²) in [5, 5.41) is 0. The van der Waals surface area contributed by atoms with Crippen LogP contribution in [0.3, 0.4) is 0 Å². The Morgan fingerprint density at radius 2 is 1.68 bits per heavy atom. The largest absolute Gasteiger partial charge is 0.0882 e. The summed E-state index contributed by atoms with van der Waals surface area (Å²) in [7, 11) is 0. The minimum absolute atomic E-state index is 1.11. The number of fused-ring (bicyclic) bond motifs is 2. The second-order valence-corrected chi connectivity index (χ2v) is 5.55. The molecule has 0 bridgehead atoms. The third-order valence-corrected chi connectivity index (χ3v) is 4.47. The first-order valence-corrected chi connectivity index (χ1v) is 7.32. The monoisotopic (exact) mass is 246 g/mol. The van der Waals surface area contributed by atoms with Gasteiger partial charge in [-0.05, 0) is 65.5 Å². The minimum Gasteiger partial charge on any atom is -0.0882 e. The van der Waals surface area contributed by atoms with Crippen LogP contribution in [0.15, 0.2) is 82.0 Å². The van der Waals surface area contributed by atoms with Crippen molar-refractivity contribution in [2.45, 2.75) is 32.1 Å². The quantitative estimate of drug-likeness (QED) is 0.521. The minimum atomic E-state index is 1.11. The summed E-state index contributed by atoms with van der Waals surface area (Å²) in [5.41, 5.74) is 9.33. The Labute approximate surface area is 114 Å². The second kappa shape index (κ2) is 4.38. The molecule has 0 heteroatoms. The van der Waals surface area contributed by atoms with Crippen LogP contribution in [0.5, 0.6) is 0 Å². The van der Waals surface area contributed by atoms with E-state index in [1.54, 1.807) is 16.7 Å². The van der Waals surface area contributed by atoms with Gasteiger partial charge in [-0.15, -0.1) is 0 Å². The number of allylic oxidation sites excluding steroid dienone is 14. The Hall–Kier alpha value is -1.82.